The van der Waals surface area contributed by atoms with Crippen LogP contribution in [-0.4, -0.2) is 7.05 Å². The van der Waals surface area contributed by atoms with Crippen molar-refractivity contribution < 1.29 is 0 Å². The third kappa shape index (κ3) is 3.24. The summed E-state index contributed by atoms with van der Waals surface area (Å²) in [5.74, 6) is 0. The number of rotatable bonds is 4. The van der Waals surface area contributed by atoms with Gasteiger partial charge in [-0.15, -0.1) is 11.3 Å². The number of hydrogen-bond donors (Lipinski definition) is 1. The molecule has 0 aliphatic heterocycles. The van der Waals surface area contributed by atoms with Gasteiger partial charge in [-0.05, 0) is 48.7 Å². The summed E-state index contributed by atoms with van der Waals surface area (Å²) in [6, 6.07) is 16.8. The van der Waals surface area contributed by atoms with E-state index in [0.717, 1.165) is 6.42 Å². The van der Waals surface area contributed by atoms with Crippen LogP contribution in [-0.2, 0) is 6.42 Å². The van der Waals surface area contributed by atoms with Crippen LogP contribution in [0.3, 0.4) is 0 Å². The van der Waals surface area contributed by atoms with Gasteiger partial charge in [-0.25, -0.2) is 0 Å². The van der Waals surface area contributed by atoms with Crippen molar-refractivity contribution in [1.82, 2.24) is 5.32 Å². The topological polar surface area (TPSA) is 12.0 Å². The smallest absolute Gasteiger partial charge is 0.0595 e. The predicted molar refractivity (Wildman–Crippen MR) is 93.8 cm³/mol. The van der Waals surface area contributed by atoms with Crippen LogP contribution in [0.4, 0.5) is 0 Å². The second-order valence-electron chi connectivity index (χ2n) is 4.98. The number of halogens is 2. The molecule has 3 rings (SSSR count). The minimum Gasteiger partial charge on any atom is -0.312 e. The molecular weight excluding hydrogens is 321 g/mol. The lowest BCUT2D eigenvalue weighted by atomic mass is 10.0. The highest BCUT2D eigenvalue weighted by Gasteiger charge is 2.14. The van der Waals surface area contributed by atoms with Crippen molar-refractivity contribution in [2.24, 2.45) is 0 Å². The maximum Gasteiger partial charge on any atom is 0.0595 e. The lowest BCUT2D eigenvalue weighted by Gasteiger charge is -2.15. The largest absolute Gasteiger partial charge is 0.312 e. The number of nitrogens with one attached hydrogen (secondary N) is 1. The summed E-state index contributed by atoms with van der Waals surface area (Å²) in [5, 5.41) is 5.91. The minimum absolute atomic E-state index is 0.277. The van der Waals surface area contributed by atoms with Crippen LogP contribution in [0.15, 0.2) is 48.5 Å². The maximum atomic E-state index is 6.10. The third-order valence-corrected chi connectivity index (χ3v) is 5.53. The quantitative estimate of drug-likeness (QED) is 0.643. The van der Waals surface area contributed by atoms with Crippen molar-refractivity contribution in [1.29, 1.82) is 0 Å². The lowest BCUT2D eigenvalue weighted by molar-refractivity contribution is 0.602. The third-order valence-electron chi connectivity index (χ3n) is 3.56. The Balaban J connectivity index is 1.88. The molecule has 0 aliphatic carbocycles. The Kier molecular flexibility index (Phi) is 4.51. The number of hydrogen-bond acceptors (Lipinski definition) is 2. The predicted octanol–water partition coefficient (Wildman–Crippen LogP) is 5.71. The average Bonchev–Trinajstić information content (AvgIpc) is 2.92. The molecule has 1 aromatic heterocycles. The van der Waals surface area contributed by atoms with Gasteiger partial charge in [0, 0.05) is 15.6 Å². The number of fused-ring (bicyclic) bond motifs is 1. The highest BCUT2D eigenvalue weighted by molar-refractivity contribution is 7.19. The van der Waals surface area contributed by atoms with Crippen LogP contribution in [0.2, 0.25) is 10.0 Å². The highest BCUT2D eigenvalue weighted by Crippen LogP contribution is 2.32. The van der Waals surface area contributed by atoms with Gasteiger partial charge < -0.3 is 5.32 Å². The summed E-state index contributed by atoms with van der Waals surface area (Å²) in [5.41, 5.74) is 1.18. The first-order valence-corrected chi connectivity index (χ1v) is 8.34. The van der Waals surface area contributed by atoms with E-state index in [0.29, 0.717) is 10.0 Å². The van der Waals surface area contributed by atoms with Crippen LogP contribution >= 0.6 is 34.5 Å². The fraction of sp³-hybridized carbons (Fsp3) is 0.176. The summed E-state index contributed by atoms with van der Waals surface area (Å²) in [6.45, 7) is 0. The van der Waals surface area contributed by atoms with E-state index in [4.69, 9.17) is 23.2 Å². The molecule has 0 fully saturated rings. The van der Waals surface area contributed by atoms with Gasteiger partial charge in [0.05, 0.1) is 10.0 Å². The molecule has 2 aromatic carbocycles. The highest BCUT2D eigenvalue weighted by atomic mass is 35.5. The maximum absolute atomic E-state index is 6.10. The van der Waals surface area contributed by atoms with Crippen LogP contribution < -0.4 is 5.32 Å². The molecular formula is C17H15Cl2NS. The van der Waals surface area contributed by atoms with Crippen LogP contribution in [0.25, 0.3) is 10.1 Å². The van der Waals surface area contributed by atoms with Crippen LogP contribution in [0.5, 0.6) is 0 Å². The van der Waals surface area contributed by atoms with E-state index in [1.54, 1.807) is 0 Å². The second kappa shape index (κ2) is 6.37. The van der Waals surface area contributed by atoms with Crippen molar-refractivity contribution in [2.45, 2.75) is 12.5 Å². The Bertz CT molecular complexity index is 733. The van der Waals surface area contributed by atoms with Gasteiger partial charge in [-0.3, -0.25) is 0 Å². The van der Waals surface area contributed by atoms with E-state index in [9.17, 15) is 0 Å². The summed E-state index contributed by atoms with van der Waals surface area (Å²) in [7, 11) is 1.99. The molecule has 0 bridgehead atoms. The molecule has 0 radical (unpaired) electrons. The van der Waals surface area contributed by atoms with E-state index in [1.807, 2.05) is 36.6 Å². The normalized spacial score (nSPS) is 12.7. The molecule has 1 atom stereocenters. The van der Waals surface area contributed by atoms with E-state index in [2.05, 4.69) is 35.6 Å². The number of likely N-dealkylation sites (N-methyl/N-ethyl adjacent to an activating group) is 1. The summed E-state index contributed by atoms with van der Waals surface area (Å²) >= 11 is 13.9. The van der Waals surface area contributed by atoms with Crippen molar-refractivity contribution in [3.05, 3.63) is 69.0 Å². The lowest BCUT2D eigenvalue weighted by Crippen LogP contribution is -2.17. The van der Waals surface area contributed by atoms with Gasteiger partial charge in [0.2, 0.25) is 0 Å². The van der Waals surface area contributed by atoms with Gasteiger partial charge in [-0.2, -0.15) is 0 Å². The Hall–Kier alpha value is -1.06. The van der Waals surface area contributed by atoms with E-state index in [-0.39, 0.29) is 6.04 Å². The Morgan fingerprint density at radius 2 is 1.86 bits per heavy atom. The van der Waals surface area contributed by atoms with Gasteiger partial charge >= 0.3 is 0 Å². The standard InChI is InChI=1S/C17H15Cl2NS/c1-20-15(9-11-6-7-13(18)14(19)8-11)17-10-12-4-2-3-5-16(12)21-17/h2-8,10,15,20H,9H2,1H3. The first-order chi connectivity index (χ1) is 10.2. The fourth-order valence-corrected chi connectivity index (χ4v) is 3.92. The Morgan fingerprint density at radius 1 is 1.05 bits per heavy atom. The minimum atomic E-state index is 0.277. The zero-order chi connectivity index (χ0) is 14.8. The first kappa shape index (κ1) is 14.9. The molecule has 0 amide bonds. The molecule has 4 heteroatoms. The Morgan fingerprint density at radius 3 is 2.57 bits per heavy atom. The second-order valence-corrected chi connectivity index (χ2v) is 6.91. The van der Waals surface area contributed by atoms with Crippen molar-refractivity contribution in [2.75, 3.05) is 7.05 Å². The molecule has 0 saturated heterocycles. The Labute approximate surface area is 138 Å². The molecule has 0 spiro atoms. The van der Waals surface area contributed by atoms with Gasteiger partial charge in [0.25, 0.3) is 0 Å². The fourth-order valence-electron chi connectivity index (χ4n) is 2.42. The van der Waals surface area contributed by atoms with Gasteiger partial charge in [0.15, 0.2) is 0 Å². The monoisotopic (exact) mass is 335 g/mol. The van der Waals surface area contributed by atoms with Crippen molar-refractivity contribution in [3.63, 3.8) is 0 Å². The molecule has 1 heterocycles. The molecule has 3 aromatic rings. The van der Waals surface area contributed by atoms with E-state index < -0.39 is 0 Å². The molecule has 0 aliphatic rings. The molecule has 21 heavy (non-hydrogen) atoms. The average molecular weight is 336 g/mol. The summed E-state index contributed by atoms with van der Waals surface area (Å²) in [4.78, 5) is 1.34. The zero-order valence-electron chi connectivity index (χ0n) is 11.6. The molecule has 1 N–H and O–H groups in total. The van der Waals surface area contributed by atoms with E-state index in [1.165, 1.54) is 20.5 Å². The molecule has 1 unspecified atom stereocenters. The van der Waals surface area contributed by atoms with Gasteiger partial charge in [-0.1, -0.05) is 47.5 Å². The van der Waals surface area contributed by atoms with Gasteiger partial charge in [0.1, 0.15) is 0 Å². The molecule has 108 valence electrons. The summed E-state index contributed by atoms with van der Waals surface area (Å²) < 4.78 is 1.32. The molecule has 1 nitrogen and oxygen atoms in total. The van der Waals surface area contributed by atoms with E-state index >= 15 is 0 Å². The van der Waals surface area contributed by atoms with Crippen molar-refractivity contribution >= 4 is 44.6 Å². The van der Waals surface area contributed by atoms with Crippen LogP contribution in [0.1, 0.15) is 16.5 Å². The summed E-state index contributed by atoms with van der Waals surface area (Å²) in [6.07, 6.45) is 0.889. The SMILES string of the molecule is CNC(Cc1ccc(Cl)c(Cl)c1)c1cc2ccccc2s1. The number of benzene rings is 2. The van der Waals surface area contributed by atoms with Crippen molar-refractivity contribution in [3.8, 4) is 0 Å². The first-order valence-electron chi connectivity index (χ1n) is 6.77. The number of thiophene rings is 1. The molecule has 0 saturated carbocycles. The zero-order valence-corrected chi connectivity index (χ0v) is 13.9. The van der Waals surface area contributed by atoms with Crippen LogP contribution in [0, 0.1) is 0 Å².